The van der Waals surface area contributed by atoms with Crippen LogP contribution in [-0.2, 0) is 15.2 Å². The van der Waals surface area contributed by atoms with Crippen LogP contribution in [0.4, 0.5) is 22.7 Å². The number of hydrogen-bond acceptors (Lipinski definition) is 6. The van der Waals surface area contributed by atoms with Crippen molar-refractivity contribution in [3.8, 4) is 0 Å². The Hall–Kier alpha value is -4.04. The zero-order valence-electron chi connectivity index (χ0n) is 18.8. The van der Waals surface area contributed by atoms with Crippen LogP contribution >= 0.6 is 0 Å². The van der Waals surface area contributed by atoms with Crippen LogP contribution in [0.3, 0.4) is 0 Å². The molecule has 2 N–H and O–H groups in total. The summed E-state index contributed by atoms with van der Waals surface area (Å²) >= 11 is 0. The highest BCUT2D eigenvalue weighted by Gasteiger charge is 2.53. The van der Waals surface area contributed by atoms with E-state index in [1.165, 1.54) is 0 Å². The van der Waals surface area contributed by atoms with Crippen LogP contribution in [0, 0.1) is 13.8 Å². The minimum absolute atomic E-state index is 0.186. The van der Waals surface area contributed by atoms with Crippen molar-refractivity contribution < 1.29 is 19.4 Å². The third kappa shape index (κ3) is 3.03. The van der Waals surface area contributed by atoms with Gasteiger partial charge in [0.05, 0.1) is 17.1 Å². The molecular formula is C26H23N5O3. The molecule has 8 heteroatoms. The Morgan fingerprint density at radius 1 is 1.06 bits per heavy atom. The van der Waals surface area contributed by atoms with E-state index in [0.717, 1.165) is 33.8 Å². The van der Waals surface area contributed by atoms with E-state index >= 15 is 0 Å². The number of carbonyl (C=O) groups excluding carboxylic acids is 1. The predicted octanol–water partition coefficient (Wildman–Crippen LogP) is 3.84. The Labute approximate surface area is 196 Å². The molecule has 0 saturated heterocycles. The smallest absolute Gasteiger partial charge is 0.255 e. The van der Waals surface area contributed by atoms with Gasteiger partial charge in [-0.2, -0.15) is 0 Å². The van der Waals surface area contributed by atoms with Gasteiger partial charge >= 0.3 is 0 Å². The van der Waals surface area contributed by atoms with Gasteiger partial charge in [-0.15, -0.1) is 0 Å². The van der Waals surface area contributed by atoms with Crippen molar-refractivity contribution in [3.63, 3.8) is 0 Å². The van der Waals surface area contributed by atoms with Crippen LogP contribution in [0.25, 0.3) is 0 Å². The first-order valence-corrected chi connectivity index (χ1v) is 11.2. The molecule has 3 aromatic carbocycles. The van der Waals surface area contributed by atoms with E-state index in [0.29, 0.717) is 11.4 Å². The minimum atomic E-state index is -1.48. The number of aryl methyl sites for hydroxylation is 2. The van der Waals surface area contributed by atoms with Crippen LogP contribution in [0.15, 0.2) is 77.0 Å². The second kappa shape index (κ2) is 7.50. The first kappa shape index (κ1) is 20.6. The largest absolute Gasteiger partial charge is 0.814 e. The van der Waals surface area contributed by atoms with E-state index in [-0.39, 0.29) is 12.3 Å². The number of para-hydroxylation sites is 3. The van der Waals surface area contributed by atoms with E-state index in [2.05, 4.69) is 15.9 Å². The quantitative estimate of drug-likeness (QED) is 0.576. The van der Waals surface area contributed by atoms with Gasteiger partial charge in [0, 0.05) is 29.3 Å². The maximum atomic E-state index is 13.5. The number of amides is 1. The van der Waals surface area contributed by atoms with Crippen molar-refractivity contribution in [3.05, 3.63) is 83.4 Å². The third-order valence-electron chi connectivity index (χ3n) is 6.69. The summed E-state index contributed by atoms with van der Waals surface area (Å²) in [6.45, 7) is 3.99. The standard InChI is InChI=1S/C26H23N5O3/c1-15-11-12-22(16(2)13-15)31-23(24(32)34-30-31)21-14-26(29-20-10-6-5-9-19(20)27-21)17-7-3-4-8-18(17)28-25(26)33/h3-13,23-24,29H,14H2,1-2H3,(H,28,33). The van der Waals surface area contributed by atoms with Gasteiger partial charge in [-0.25, -0.2) is 4.99 Å². The second-order valence-corrected chi connectivity index (χ2v) is 8.96. The highest BCUT2D eigenvalue weighted by atomic mass is 16.7. The number of anilines is 2. The first-order chi connectivity index (χ1) is 16.5. The van der Waals surface area contributed by atoms with Crippen LogP contribution < -0.4 is 15.7 Å². The molecule has 3 atom stereocenters. The van der Waals surface area contributed by atoms with Gasteiger partial charge in [-0.3, -0.25) is 4.79 Å². The van der Waals surface area contributed by atoms with E-state index in [4.69, 9.17) is 9.83 Å². The molecule has 3 aliphatic rings. The van der Waals surface area contributed by atoms with Crippen molar-refractivity contribution >= 4 is 34.4 Å². The third-order valence-corrected chi connectivity index (χ3v) is 6.69. The molecule has 3 aromatic rings. The lowest BCUT2D eigenvalue weighted by atomic mass is 9.84. The van der Waals surface area contributed by atoms with Gasteiger partial charge in [0.15, 0.2) is 10.8 Å². The van der Waals surface area contributed by atoms with Crippen molar-refractivity contribution in [1.82, 2.24) is 0 Å². The van der Waals surface area contributed by atoms with Crippen molar-refractivity contribution in [2.75, 3.05) is 10.6 Å². The van der Waals surface area contributed by atoms with E-state index in [1.807, 2.05) is 80.6 Å². The Kier molecular flexibility index (Phi) is 4.53. The summed E-state index contributed by atoms with van der Waals surface area (Å²) in [5.41, 5.74) is 5.22. The SMILES string of the molecule is Cc1ccc([N+]2=NOC([O-])C2C2=Nc3ccccc3NC3(C2)C(=O)Nc2ccccc23)c(C)c1. The van der Waals surface area contributed by atoms with Gasteiger partial charge in [0.2, 0.25) is 5.69 Å². The fraction of sp³-hybridized carbons (Fsp3) is 0.231. The lowest BCUT2D eigenvalue weighted by Crippen LogP contribution is -2.50. The summed E-state index contributed by atoms with van der Waals surface area (Å²) in [5, 5.41) is 23.7. The van der Waals surface area contributed by atoms with Gasteiger partial charge in [-0.1, -0.05) is 42.0 Å². The normalized spacial score (nSPS) is 24.9. The fourth-order valence-electron chi connectivity index (χ4n) is 5.08. The molecular weight excluding hydrogens is 430 g/mol. The summed E-state index contributed by atoms with van der Waals surface area (Å²) in [5.74, 6) is -0.186. The zero-order valence-corrected chi connectivity index (χ0v) is 18.8. The molecule has 3 unspecified atom stereocenters. The van der Waals surface area contributed by atoms with Crippen LogP contribution in [0.1, 0.15) is 23.1 Å². The monoisotopic (exact) mass is 453 g/mol. The number of rotatable bonds is 2. The Morgan fingerprint density at radius 3 is 2.65 bits per heavy atom. The lowest BCUT2D eigenvalue weighted by molar-refractivity contribution is -0.558. The lowest BCUT2D eigenvalue weighted by Gasteiger charge is -2.30. The fourth-order valence-corrected chi connectivity index (χ4v) is 5.08. The maximum Gasteiger partial charge on any atom is 0.255 e. The summed E-state index contributed by atoms with van der Waals surface area (Å²) < 4.78 is 1.60. The van der Waals surface area contributed by atoms with E-state index in [1.54, 1.807) is 4.70 Å². The molecule has 3 aliphatic heterocycles. The topological polar surface area (TPSA) is 101 Å². The van der Waals surface area contributed by atoms with Crippen LogP contribution in [-0.4, -0.2) is 28.6 Å². The van der Waals surface area contributed by atoms with Crippen molar-refractivity contribution in [2.45, 2.75) is 38.1 Å². The van der Waals surface area contributed by atoms with E-state index < -0.39 is 17.9 Å². The summed E-state index contributed by atoms with van der Waals surface area (Å²) in [4.78, 5) is 23.6. The zero-order chi connectivity index (χ0) is 23.4. The average molecular weight is 454 g/mol. The summed E-state index contributed by atoms with van der Waals surface area (Å²) in [6, 6.07) is 20.3. The maximum absolute atomic E-state index is 13.5. The van der Waals surface area contributed by atoms with Crippen LogP contribution in [0.2, 0.25) is 0 Å². The molecule has 1 spiro atoms. The first-order valence-electron chi connectivity index (χ1n) is 11.2. The highest BCUT2D eigenvalue weighted by Crippen LogP contribution is 2.46. The number of nitrogens with one attached hydrogen (secondary N) is 2. The molecule has 0 aromatic heterocycles. The molecule has 1 amide bonds. The molecule has 6 rings (SSSR count). The van der Waals surface area contributed by atoms with E-state index in [9.17, 15) is 9.90 Å². The van der Waals surface area contributed by atoms with Gasteiger partial charge in [0.1, 0.15) is 6.29 Å². The Bertz CT molecular complexity index is 1400. The van der Waals surface area contributed by atoms with Gasteiger partial charge in [-0.05, 0) is 42.8 Å². The number of benzene rings is 3. The Balaban J connectivity index is 1.52. The Morgan fingerprint density at radius 2 is 1.82 bits per heavy atom. The summed E-state index contributed by atoms with van der Waals surface area (Å²) in [6.07, 6.45) is -1.30. The molecule has 170 valence electrons. The predicted molar refractivity (Wildman–Crippen MR) is 125 cm³/mol. The molecule has 8 nitrogen and oxygen atoms in total. The summed E-state index contributed by atoms with van der Waals surface area (Å²) in [7, 11) is 0. The number of fused-ring (bicyclic) bond motifs is 3. The van der Waals surface area contributed by atoms with Crippen molar-refractivity contribution in [2.24, 2.45) is 10.3 Å². The average Bonchev–Trinajstić information content (AvgIpc) is 3.25. The molecule has 34 heavy (non-hydrogen) atoms. The molecule has 0 aliphatic carbocycles. The number of hydrogen-bond donors (Lipinski definition) is 2. The highest BCUT2D eigenvalue weighted by molar-refractivity contribution is 6.12. The number of nitrogens with zero attached hydrogens (tertiary/aromatic N) is 3. The number of carbonyl (C=O) groups is 1. The molecule has 0 radical (unpaired) electrons. The molecule has 0 saturated carbocycles. The van der Waals surface area contributed by atoms with Gasteiger partial charge < -0.3 is 20.6 Å². The molecule has 0 fully saturated rings. The molecule has 3 heterocycles. The minimum Gasteiger partial charge on any atom is -0.814 e. The van der Waals surface area contributed by atoms with Crippen molar-refractivity contribution in [1.29, 1.82) is 0 Å². The number of aliphatic imine (C=N–C) groups is 1. The van der Waals surface area contributed by atoms with Gasteiger partial charge in [0.25, 0.3) is 11.9 Å². The second-order valence-electron chi connectivity index (χ2n) is 8.96. The van der Waals surface area contributed by atoms with Crippen LogP contribution in [0.5, 0.6) is 0 Å². The molecule has 0 bridgehead atoms.